The quantitative estimate of drug-likeness (QED) is 0.819. The number of nitrogens with zero attached hydrogens (tertiary/aromatic N) is 2. The van der Waals surface area contributed by atoms with Gasteiger partial charge in [-0.15, -0.1) is 0 Å². The van der Waals surface area contributed by atoms with Crippen LogP contribution in [0.5, 0.6) is 5.75 Å². The molecule has 0 unspecified atom stereocenters. The van der Waals surface area contributed by atoms with Crippen molar-refractivity contribution in [2.75, 3.05) is 59.9 Å². The standard InChI is InChI=1S/C21H33N3O5/c1-14-10-23(3)15(2)12-29-18-9-16(22-20(25)13-27-5)7-8-17(18)21(26)24(4)11-19(14)28-6/h7-9,14-15,19H,10-13H2,1-6H3,(H,22,25)/t14-,15+,19-/m0/s1. The number of amides is 2. The molecule has 0 saturated heterocycles. The summed E-state index contributed by atoms with van der Waals surface area (Å²) in [7, 11) is 6.96. The molecule has 29 heavy (non-hydrogen) atoms. The number of carbonyl (C=O) groups is 2. The summed E-state index contributed by atoms with van der Waals surface area (Å²) in [5.41, 5.74) is 1.01. The predicted molar refractivity (Wildman–Crippen MR) is 111 cm³/mol. The second kappa shape index (κ2) is 10.6. The Bertz CT molecular complexity index is 712. The number of anilines is 1. The molecule has 1 aromatic rings. The van der Waals surface area contributed by atoms with Crippen LogP contribution in [0.1, 0.15) is 24.2 Å². The van der Waals surface area contributed by atoms with E-state index in [1.807, 2.05) is 0 Å². The van der Waals surface area contributed by atoms with Crippen LogP contribution in [0, 0.1) is 5.92 Å². The molecule has 0 saturated carbocycles. The third-order valence-electron chi connectivity index (χ3n) is 5.32. The largest absolute Gasteiger partial charge is 0.491 e. The molecule has 0 aliphatic carbocycles. The zero-order valence-electron chi connectivity index (χ0n) is 18.2. The molecular weight excluding hydrogens is 374 g/mol. The first-order valence-electron chi connectivity index (χ1n) is 9.80. The summed E-state index contributed by atoms with van der Waals surface area (Å²) in [5.74, 6) is 0.277. The molecule has 2 amide bonds. The summed E-state index contributed by atoms with van der Waals surface area (Å²) < 4.78 is 16.5. The maximum atomic E-state index is 13.1. The monoisotopic (exact) mass is 407 g/mol. The Kier molecular flexibility index (Phi) is 8.43. The van der Waals surface area contributed by atoms with Gasteiger partial charge >= 0.3 is 0 Å². The van der Waals surface area contributed by atoms with E-state index in [1.54, 1.807) is 37.3 Å². The molecule has 0 fully saturated rings. The van der Waals surface area contributed by atoms with E-state index in [-0.39, 0.29) is 36.5 Å². The van der Waals surface area contributed by atoms with Gasteiger partial charge in [-0.2, -0.15) is 0 Å². The van der Waals surface area contributed by atoms with E-state index in [1.165, 1.54) is 7.11 Å². The minimum Gasteiger partial charge on any atom is -0.491 e. The van der Waals surface area contributed by atoms with Gasteiger partial charge in [0.25, 0.3) is 5.91 Å². The molecule has 8 heteroatoms. The van der Waals surface area contributed by atoms with Crippen LogP contribution >= 0.6 is 0 Å². The van der Waals surface area contributed by atoms with Crippen molar-refractivity contribution in [2.24, 2.45) is 5.92 Å². The normalized spacial score (nSPS) is 24.1. The fourth-order valence-electron chi connectivity index (χ4n) is 3.36. The van der Waals surface area contributed by atoms with Crippen LogP contribution in [0.15, 0.2) is 18.2 Å². The van der Waals surface area contributed by atoms with Gasteiger partial charge in [0.15, 0.2) is 0 Å². The lowest BCUT2D eigenvalue weighted by Crippen LogP contribution is -2.45. The number of benzene rings is 1. The molecule has 3 atom stereocenters. The smallest absolute Gasteiger partial charge is 0.257 e. The number of methoxy groups -OCH3 is 2. The Hall–Kier alpha value is -2.16. The fraction of sp³-hybridized carbons (Fsp3) is 0.619. The van der Waals surface area contributed by atoms with Crippen LogP contribution in [0.4, 0.5) is 5.69 Å². The number of rotatable bonds is 4. The first-order valence-corrected chi connectivity index (χ1v) is 9.80. The van der Waals surface area contributed by atoms with Crippen LogP contribution in [0.25, 0.3) is 0 Å². The van der Waals surface area contributed by atoms with Gasteiger partial charge in [0.1, 0.15) is 19.0 Å². The van der Waals surface area contributed by atoms with Crippen molar-refractivity contribution >= 4 is 17.5 Å². The van der Waals surface area contributed by atoms with Gasteiger partial charge in [-0.25, -0.2) is 0 Å². The Labute approximate surface area is 173 Å². The van der Waals surface area contributed by atoms with Crippen molar-refractivity contribution in [3.8, 4) is 5.75 Å². The average Bonchev–Trinajstić information content (AvgIpc) is 2.68. The molecule has 2 rings (SSSR count). The topological polar surface area (TPSA) is 80.3 Å². The molecule has 1 N–H and O–H groups in total. The fourth-order valence-corrected chi connectivity index (χ4v) is 3.36. The summed E-state index contributed by atoms with van der Waals surface area (Å²) in [6.07, 6.45) is -0.0741. The molecular formula is C21H33N3O5. The molecule has 1 aliphatic rings. The third kappa shape index (κ3) is 6.16. The van der Waals surface area contributed by atoms with E-state index < -0.39 is 0 Å². The lowest BCUT2D eigenvalue weighted by atomic mass is 10.0. The summed E-state index contributed by atoms with van der Waals surface area (Å²) in [6, 6.07) is 5.20. The summed E-state index contributed by atoms with van der Waals surface area (Å²) >= 11 is 0. The van der Waals surface area contributed by atoms with Crippen molar-refractivity contribution in [3.05, 3.63) is 23.8 Å². The molecule has 1 aromatic carbocycles. The van der Waals surface area contributed by atoms with E-state index in [4.69, 9.17) is 14.2 Å². The van der Waals surface area contributed by atoms with Crippen molar-refractivity contribution in [3.63, 3.8) is 0 Å². The maximum absolute atomic E-state index is 13.1. The van der Waals surface area contributed by atoms with Crippen LogP contribution in [-0.2, 0) is 14.3 Å². The minimum atomic E-state index is -0.269. The van der Waals surface area contributed by atoms with Gasteiger partial charge in [0, 0.05) is 52.2 Å². The van der Waals surface area contributed by atoms with Gasteiger partial charge in [0.05, 0.1) is 11.7 Å². The van der Waals surface area contributed by atoms with Crippen LogP contribution in [-0.4, -0.2) is 88.4 Å². The zero-order chi connectivity index (χ0) is 21.6. The molecule has 1 aliphatic heterocycles. The second-order valence-corrected chi connectivity index (χ2v) is 7.73. The molecule has 8 nitrogen and oxygen atoms in total. The predicted octanol–water partition coefficient (Wildman–Crippen LogP) is 1.71. The Morgan fingerprint density at radius 3 is 2.62 bits per heavy atom. The SMILES string of the molecule is COCC(=O)Nc1ccc2c(c1)OC[C@@H](C)N(C)C[C@H](C)[C@@H](OC)CN(C)C2=O. The van der Waals surface area contributed by atoms with Gasteiger partial charge in [-0.05, 0) is 32.0 Å². The first-order chi connectivity index (χ1) is 13.8. The van der Waals surface area contributed by atoms with Gasteiger partial charge in [0.2, 0.25) is 5.91 Å². The van der Waals surface area contributed by atoms with E-state index in [9.17, 15) is 9.59 Å². The van der Waals surface area contributed by atoms with Gasteiger partial charge in [-0.1, -0.05) is 6.92 Å². The number of ether oxygens (including phenoxy) is 3. The highest BCUT2D eigenvalue weighted by atomic mass is 16.5. The van der Waals surface area contributed by atoms with Crippen molar-refractivity contribution in [1.82, 2.24) is 9.80 Å². The molecule has 0 aromatic heterocycles. The van der Waals surface area contributed by atoms with Crippen molar-refractivity contribution < 1.29 is 23.8 Å². The first kappa shape index (κ1) is 23.1. The number of hydrogen-bond acceptors (Lipinski definition) is 6. The van der Waals surface area contributed by atoms with Crippen LogP contribution in [0.2, 0.25) is 0 Å². The van der Waals surface area contributed by atoms with Crippen LogP contribution < -0.4 is 10.1 Å². The lowest BCUT2D eigenvalue weighted by Gasteiger charge is -2.34. The van der Waals surface area contributed by atoms with E-state index in [0.717, 1.165) is 6.54 Å². The Balaban J connectivity index is 2.35. The van der Waals surface area contributed by atoms with Crippen LogP contribution in [0.3, 0.4) is 0 Å². The van der Waals surface area contributed by atoms with Gasteiger partial charge in [-0.3, -0.25) is 14.5 Å². The van der Waals surface area contributed by atoms with Crippen molar-refractivity contribution in [2.45, 2.75) is 26.0 Å². The van der Waals surface area contributed by atoms with Gasteiger partial charge < -0.3 is 24.4 Å². The molecule has 1 heterocycles. The summed E-state index contributed by atoms with van der Waals surface area (Å²) in [4.78, 5) is 28.8. The molecule has 0 bridgehead atoms. The lowest BCUT2D eigenvalue weighted by molar-refractivity contribution is -0.119. The maximum Gasteiger partial charge on any atom is 0.257 e. The summed E-state index contributed by atoms with van der Waals surface area (Å²) in [6.45, 7) is 5.89. The number of nitrogens with one attached hydrogen (secondary N) is 1. The number of likely N-dealkylation sites (N-methyl/N-ethyl adjacent to an activating group) is 2. The third-order valence-corrected chi connectivity index (χ3v) is 5.32. The Morgan fingerprint density at radius 1 is 1.24 bits per heavy atom. The number of fused-ring (bicyclic) bond motifs is 1. The number of carbonyl (C=O) groups excluding carboxylic acids is 2. The highest BCUT2D eigenvalue weighted by Gasteiger charge is 2.27. The molecule has 0 spiro atoms. The zero-order valence-corrected chi connectivity index (χ0v) is 18.2. The highest BCUT2D eigenvalue weighted by Crippen LogP contribution is 2.26. The number of hydrogen-bond donors (Lipinski definition) is 1. The van der Waals surface area contributed by atoms with E-state index >= 15 is 0 Å². The van der Waals surface area contributed by atoms with Crippen molar-refractivity contribution in [1.29, 1.82) is 0 Å². The summed E-state index contributed by atoms with van der Waals surface area (Å²) in [5, 5.41) is 2.75. The molecule has 162 valence electrons. The van der Waals surface area contributed by atoms with E-state index in [0.29, 0.717) is 30.2 Å². The minimum absolute atomic E-state index is 0.0436. The molecule has 0 radical (unpaired) electrons. The van der Waals surface area contributed by atoms with E-state index in [2.05, 4.69) is 31.1 Å². The average molecular weight is 408 g/mol. The Morgan fingerprint density at radius 2 is 1.97 bits per heavy atom. The second-order valence-electron chi connectivity index (χ2n) is 7.73. The highest BCUT2D eigenvalue weighted by molar-refractivity contribution is 5.98.